The Morgan fingerprint density at radius 1 is 1.07 bits per heavy atom. The highest BCUT2D eigenvalue weighted by Crippen LogP contribution is 2.25. The van der Waals surface area contributed by atoms with Gasteiger partial charge in [-0.15, -0.1) is 10.2 Å². The van der Waals surface area contributed by atoms with E-state index < -0.39 is 0 Å². The third-order valence-electron chi connectivity index (χ3n) is 4.56. The molecule has 0 aliphatic carbocycles. The summed E-state index contributed by atoms with van der Waals surface area (Å²) < 4.78 is 3.16. The van der Waals surface area contributed by atoms with E-state index in [2.05, 4.69) is 15.5 Å². The zero-order valence-corrected chi connectivity index (χ0v) is 17.2. The summed E-state index contributed by atoms with van der Waals surface area (Å²) in [6.07, 6.45) is 0. The van der Waals surface area contributed by atoms with E-state index in [0.717, 1.165) is 5.52 Å². The molecule has 0 spiro atoms. The maximum atomic E-state index is 13.1. The molecule has 7 nitrogen and oxygen atoms in total. The predicted molar refractivity (Wildman–Crippen MR) is 114 cm³/mol. The number of carbonyl (C=O) groups is 1. The van der Waals surface area contributed by atoms with Crippen molar-refractivity contribution in [2.75, 3.05) is 5.32 Å². The van der Waals surface area contributed by atoms with Crippen molar-refractivity contribution in [3.63, 3.8) is 0 Å². The normalized spacial score (nSPS) is 11.5. The average Bonchev–Trinajstić information content (AvgIpc) is 3.14. The molecule has 0 radical (unpaired) electrons. The number of hydrogen-bond acceptors (Lipinski definition) is 4. The number of para-hydroxylation sites is 2. The highest BCUT2D eigenvalue weighted by molar-refractivity contribution is 6.42. The number of amides is 1. The molecule has 4 rings (SSSR count). The maximum absolute atomic E-state index is 13.1. The van der Waals surface area contributed by atoms with Crippen molar-refractivity contribution in [2.45, 2.75) is 26.3 Å². The van der Waals surface area contributed by atoms with Gasteiger partial charge in [0.1, 0.15) is 12.4 Å². The van der Waals surface area contributed by atoms with Gasteiger partial charge in [-0.2, -0.15) is 0 Å². The first-order valence-electron chi connectivity index (χ1n) is 8.98. The lowest BCUT2D eigenvalue weighted by atomic mass is 10.2. The molecule has 29 heavy (non-hydrogen) atoms. The second kappa shape index (κ2) is 7.50. The molecule has 1 amide bonds. The quantitative estimate of drug-likeness (QED) is 0.528. The van der Waals surface area contributed by atoms with E-state index in [1.807, 2.05) is 32.0 Å². The van der Waals surface area contributed by atoms with Gasteiger partial charge in [0.2, 0.25) is 11.6 Å². The molecule has 0 fully saturated rings. The summed E-state index contributed by atoms with van der Waals surface area (Å²) in [5.74, 6) is 0.408. The summed E-state index contributed by atoms with van der Waals surface area (Å²) in [4.78, 5) is 25.7. The average molecular weight is 430 g/mol. The molecule has 0 unspecified atom stereocenters. The molecule has 2 heterocycles. The number of halogens is 2. The number of nitrogens with zero attached hydrogens (tertiary/aromatic N) is 4. The zero-order chi connectivity index (χ0) is 20.7. The minimum absolute atomic E-state index is 0.0848. The highest BCUT2D eigenvalue weighted by atomic mass is 35.5. The first-order chi connectivity index (χ1) is 13.9. The summed E-state index contributed by atoms with van der Waals surface area (Å²) in [7, 11) is 0. The molecule has 0 saturated carbocycles. The van der Waals surface area contributed by atoms with Crippen LogP contribution >= 0.6 is 23.2 Å². The van der Waals surface area contributed by atoms with Gasteiger partial charge < -0.3 is 5.32 Å². The molecule has 4 aromatic rings. The second-order valence-corrected chi connectivity index (χ2v) is 7.74. The Bertz CT molecular complexity index is 1310. The van der Waals surface area contributed by atoms with Crippen molar-refractivity contribution in [1.29, 1.82) is 0 Å². The minimum atomic E-state index is -0.382. The Kier molecular flexibility index (Phi) is 5.02. The van der Waals surface area contributed by atoms with Gasteiger partial charge in [0.05, 0.1) is 21.1 Å². The van der Waals surface area contributed by atoms with Crippen LogP contribution in [0.25, 0.3) is 16.7 Å². The lowest BCUT2D eigenvalue weighted by Gasteiger charge is -2.13. The number of rotatable bonds is 4. The van der Waals surface area contributed by atoms with Crippen molar-refractivity contribution in [3.8, 4) is 0 Å². The molecule has 2 aromatic carbocycles. The Labute approximate surface area is 175 Å². The van der Waals surface area contributed by atoms with E-state index in [1.54, 1.807) is 28.7 Å². The van der Waals surface area contributed by atoms with Gasteiger partial charge in [-0.25, -0.2) is 0 Å². The first-order valence-corrected chi connectivity index (χ1v) is 9.74. The van der Waals surface area contributed by atoms with E-state index in [1.165, 1.54) is 4.57 Å². The lowest BCUT2D eigenvalue weighted by Crippen LogP contribution is -2.29. The number of anilines is 1. The van der Waals surface area contributed by atoms with E-state index in [-0.39, 0.29) is 29.6 Å². The van der Waals surface area contributed by atoms with Crippen LogP contribution < -0.4 is 10.9 Å². The molecule has 9 heteroatoms. The van der Waals surface area contributed by atoms with Crippen LogP contribution in [0.2, 0.25) is 10.0 Å². The van der Waals surface area contributed by atoms with Crippen LogP contribution in [0.4, 0.5) is 5.69 Å². The molecule has 0 atom stereocenters. The first kappa shape index (κ1) is 19.4. The third-order valence-corrected chi connectivity index (χ3v) is 5.30. The second-order valence-electron chi connectivity index (χ2n) is 6.93. The number of fused-ring (bicyclic) bond motifs is 3. The van der Waals surface area contributed by atoms with Gasteiger partial charge in [-0.1, -0.05) is 49.2 Å². The van der Waals surface area contributed by atoms with Gasteiger partial charge in [0, 0.05) is 11.6 Å². The number of carbonyl (C=O) groups excluding carboxylic acids is 1. The largest absolute Gasteiger partial charge is 0.324 e. The fraction of sp³-hybridized carbons (Fsp3) is 0.200. The van der Waals surface area contributed by atoms with Crippen LogP contribution in [0.15, 0.2) is 47.3 Å². The monoisotopic (exact) mass is 429 g/mol. The van der Waals surface area contributed by atoms with Crippen molar-refractivity contribution in [3.05, 3.63) is 68.7 Å². The molecule has 0 aliphatic heterocycles. The van der Waals surface area contributed by atoms with E-state index >= 15 is 0 Å². The summed E-state index contributed by atoms with van der Waals surface area (Å²) in [6.45, 7) is 3.79. The summed E-state index contributed by atoms with van der Waals surface area (Å²) >= 11 is 11.9. The molecule has 0 bridgehead atoms. The molecule has 0 aliphatic rings. The Morgan fingerprint density at radius 2 is 1.79 bits per heavy atom. The summed E-state index contributed by atoms with van der Waals surface area (Å²) in [6, 6.07) is 12.2. The van der Waals surface area contributed by atoms with Crippen molar-refractivity contribution < 1.29 is 4.79 Å². The standard InChI is InChI=1S/C20H17Cl2N5O2/c1-11(2)18-24-25-19-20(29)26(15-5-3-4-6-16(15)27(18)19)10-17(28)23-12-7-8-13(21)14(22)9-12/h3-9,11H,10H2,1-2H3,(H,23,28). The summed E-state index contributed by atoms with van der Waals surface area (Å²) in [5, 5.41) is 11.7. The lowest BCUT2D eigenvalue weighted by molar-refractivity contribution is -0.116. The van der Waals surface area contributed by atoms with Gasteiger partial charge in [0.15, 0.2) is 0 Å². The van der Waals surface area contributed by atoms with Gasteiger partial charge in [0.25, 0.3) is 5.56 Å². The molecular formula is C20H17Cl2N5O2. The molecule has 148 valence electrons. The topological polar surface area (TPSA) is 81.3 Å². The Balaban J connectivity index is 1.79. The minimum Gasteiger partial charge on any atom is -0.324 e. The highest BCUT2D eigenvalue weighted by Gasteiger charge is 2.19. The molecule has 0 saturated heterocycles. The number of benzene rings is 2. The maximum Gasteiger partial charge on any atom is 0.297 e. The van der Waals surface area contributed by atoms with Crippen LogP contribution in [-0.2, 0) is 11.3 Å². The number of nitrogens with one attached hydrogen (secondary N) is 1. The van der Waals surface area contributed by atoms with Crippen LogP contribution in [0.1, 0.15) is 25.6 Å². The van der Waals surface area contributed by atoms with E-state index in [4.69, 9.17) is 23.2 Å². The number of aromatic nitrogens is 4. The smallest absolute Gasteiger partial charge is 0.297 e. The van der Waals surface area contributed by atoms with Gasteiger partial charge >= 0.3 is 0 Å². The van der Waals surface area contributed by atoms with Crippen molar-refractivity contribution >= 4 is 51.5 Å². The predicted octanol–water partition coefficient (Wildman–Crippen LogP) is 4.11. The molecular weight excluding hydrogens is 413 g/mol. The SMILES string of the molecule is CC(C)c1nnc2c(=O)n(CC(=O)Nc3ccc(Cl)c(Cl)c3)c3ccccc3n12. The van der Waals surface area contributed by atoms with Crippen LogP contribution in [0, 0.1) is 0 Å². The fourth-order valence-electron chi connectivity index (χ4n) is 3.23. The van der Waals surface area contributed by atoms with Crippen LogP contribution in [0.3, 0.4) is 0 Å². The Hall–Kier alpha value is -2.90. The number of hydrogen-bond donors (Lipinski definition) is 1. The Morgan fingerprint density at radius 3 is 2.48 bits per heavy atom. The summed E-state index contributed by atoms with van der Waals surface area (Å²) in [5.41, 5.74) is 1.68. The molecule has 1 N–H and O–H groups in total. The van der Waals surface area contributed by atoms with Gasteiger partial charge in [-0.05, 0) is 30.3 Å². The van der Waals surface area contributed by atoms with E-state index in [9.17, 15) is 9.59 Å². The van der Waals surface area contributed by atoms with Crippen molar-refractivity contribution in [2.24, 2.45) is 0 Å². The zero-order valence-electron chi connectivity index (χ0n) is 15.7. The van der Waals surface area contributed by atoms with Crippen LogP contribution in [0.5, 0.6) is 0 Å². The van der Waals surface area contributed by atoms with E-state index in [0.29, 0.717) is 27.1 Å². The third kappa shape index (κ3) is 3.47. The van der Waals surface area contributed by atoms with Crippen molar-refractivity contribution in [1.82, 2.24) is 19.2 Å². The fourth-order valence-corrected chi connectivity index (χ4v) is 3.53. The van der Waals surface area contributed by atoms with Crippen LogP contribution in [-0.4, -0.2) is 25.1 Å². The molecule has 2 aromatic heterocycles. The van der Waals surface area contributed by atoms with Gasteiger partial charge in [-0.3, -0.25) is 18.6 Å².